The Kier molecular flexibility index (Phi) is 6.25. The summed E-state index contributed by atoms with van der Waals surface area (Å²) in [6, 6.07) is 1.58. The fourth-order valence-electron chi connectivity index (χ4n) is 3.52. The lowest BCUT2D eigenvalue weighted by Gasteiger charge is -2.18. The van der Waals surface area contributed by atoms with Gasteiger partial charge in [0.15, 0.2) is 0 Å². The molecule has 0 radical (unpaired) electrons. The summed E-state index contributed by atoms with van der Waals surface area (Å²) in [4.78, 5) is 36.2. The molecular formula is C24H29N7OS. The fraction of sp³-hybridized carbons (Fsp3) is 0.417. The van der Waals surface area contributed by atoms with Crippen LogP contribution in [0.1, 0.15) is 78.1 Å². The molecule has 0 fully saturated rings. The zero-order chi connectivity index (χ0) is 23.8. The number of thiazole rings is 1. The van der Waals surface area contributed by atoms with Gasteiger partial charge in [0.05, 0.1) is 29.1 Å². The number of imidazole rings is 1. The lowest BCUT2D eigenvalue weighted by atomic mass is 9.95. The molecule has 9 heteroatoms. The van der Waals surface area contributed by atoms with Gasteiger partial charge in [-0.25, -0.2) is 24.9 Å². The zero-order valence-corrected chi connectivity index (χ0v) is 20.7. The van der Waals surface area contributed by atoms with Gasteiger partial charge in [0.25, 0.3) is 5.91 Å². The molecule has 0 saturated carbocycles. The van der Waals surface area contributed by atoms with Crippen molar-refractivity contribution >= 4 is 28.3 Å². The summed E-state index contributed by atoms with van der Waals surface area (Å²) in [6.07, 6.45) is 8.62. The van der Waals surface area contributed by atoms with E-state index in [-0.39, 0.29) is 17.4 Å². The number of carbonyl (C=O) groups excluding carboxylic acids is 1. The van der Waals surface area contributed by atoms with Crippen molar-refractivity contribution in [1.82, 2.24) is 34.8 Å². The molecule has 4 heterocycles. The molecule has 0 bridgehead atoms. The molecule has 0 spiro atoms. The normalized spacial score (nSPS) is 12.8. The van der Waals surface area contributed by atoms with Crippen molar-refractivity contribution in [2.45, 2.75) is 58.9 Å². The topological polar surface area (TPSA) is 98.5 Å². The van der Waals surface area contributed by atoms with Crippen molar-refractivity contribution in [3.8, 4) is 0 Å². The Balaban J connectivity index is 1.46. The van der Waals surface area contributed by atoms with E-state index in [0.717, 1.165) is 44.4 Å². The predicted molar refractivity (Wildman–Crippen MR) is 129 cm³/mol. The maximum Gasteiger partial charge on any atom is 0.270 e. The number of hydrogen-bond donors (Lipinski definition) is 1. The molecule has 0 aliphatic rings. The largest absolute Gasteiger partial charge is 0.343 e. The number of pyridine rings is 1. The van der Waals surface area contributed by atoms with Gasteiger partial charge in [0.1, 0.15) is 17.0 Å². The first-order chi connectivity index (χ1) is 15.7. The number of aromatic nitrogens is 6. The van der Waals surface area contributed by atoms with E-state index >= 15 is 0 Å². The predicted octanol–water partition coefficient (Wildman–Crippen LogP) is 4.16. The third kappa shape index (κ3) is 4.93. The third-order valence-corrected chi connectivity index (χ3v) is 6.67. The Bertz CT molecular complexity index is 1300. The number of carbonyl (C=O) groups is 1. The second kappa shape index (κ2) is 8.97. The first kappa shape index (κ1) is 23.0. The molecule has 1 N–H and O–H groups in total. The minimum atomic E-state index is -0.222. The summed E-state index contributed by atoms with van der Waals surface area (Å²) < 4.78 is 1.87. The molecule has 8 nitrogen and oxygen atoms in total. The van der Waals surface area contributed by atoms with Gasteiger partial charge >= 0.3 is 0 Å². The van der Waals surface area contributed by atoms with Gasteiger partial charge in [0.2, 0.25) is 0 Å². The third-order valence-electron chi connectivity index (χ3n) is 5.49. The van der Waals surface area contributed by atoms with Crippen LogP contribution in [0.15, 0.2) is 31.0 Å². The molecule has 4 aromatic rings. The van der Waals surface area contributed by atoms with Gasteiger partial charge in [-0.2, -0.15) is 0 Å². The van der Waals surface area contributed by atoms with Crippen LogP contribution in [-0.4, -0.2) is 35.4 Å². The zero-order valence-electron chi connectivity index (χ0n) is 19.9. The molecule has 0 saturated heterocycles. The number of rotatable bonds is 6. The maximum absolute atomic E-state index is 12.8. The van der Waals surface area contributed by atoms with E-state index in [1.165, 1.54) is 0 Å². The highest BCUT2D eigenvalue weighted by Gasteiger charge is 2.20. The second-order valence-electron chi connectivity index (χ2n) is 9.21. The lowest BCUT2D eigenvalue weighted by molar-refractivity contribution is 0.0935. The van der Waals surface area contributed by atoms with Crippen LogP contribution in [0.5, 0.6) is 0 Å². The van der Waals surface area contributed by atoms with Crippen molar-refractivity contribution in [2.75, 3.05) is 0 Å². The molecule has 0 aliphatic heterocycles. The van der Waals surface area contributed by atoms with Crippen LogP contribution in [-0.2, 0) is 25.3 Å². The summed E-state index contributed by atoms with van der Waals surface area (Å²) in [7, 11) is 1.89. The number of aryl methyl sites for hydroxylation is 2. The molecule has 4 rings (SSSR count). The van der Waals surface area contributed by atoms with Crippen LogP contribution in [0, 0.1) is 0 Å². The van der Waals surface area contributed by atoms with Crippen LogP contribution in [0.25, 0.3) is 11.0 Å². The Morgan fingerprint density at radius 2 is 1.94 bits per heavy atom. The Labute approximate surface area is 197 Å². The summed E-state index contributed by atoms with van der Waals surface area (Å²) in [6.45, 7) is 10.4. The standard InChI is InChI=1S/C24H29N7OS/c1-7-16-15(10-27-23(30-16)24(3,4)5)8-21-26-12-20(33-21)14(2)29-22(32)17-9-19-18(11-25-17)28-13-31(19)6/h9-14H,7-8H2,1-6H3,(H,29,32). The van der Waals surface area contributed by atoms with E-state index in [1.807, 2.05) is 30.9 Å². The fourth-order valence-corrected chi connectivity index (χ4v) is 4.47. The minimum Gasteiger partial charge on any atom is -0.343 e. The number of nitrogens with one attached hydrogen (secondary N) is 1. The summed E-state index contributed by atoms with van der Waals surface area (Å²) in [5.41, 5.74) is 4.07. The van der Waals surface area contributed by atoms with E-state index in [4.69, 9.17) is 4.98 Å². The van der Waals surface area contributed by atoms with Gasteiger partial charge in [-0.15, -0.1) is 11.3 Å². The Morgan fingerprint density at radius 1 is 1.15 bits per heavy atom. The van der Waals surface area contributed by atoms with E-state index in [0.29, 0.717) is 12.1 Å². The van der Waals surface area contributed by atoms with Crippen LogP contribution >= 0.6 is 11.3 Å². The van der Waals surface area contributed by atoms with E-state index in [1.54, 1.807) is 29.9 Å². The molecule has 172 valence electrons. The molecule has 0 aromatic carbocycles. The van der Waals surface area contributed by atoms with Crippen molar-refractivity contribution in [3.63, 3.8) is 0 Å². The first-order valence-electron chi connectivity index (χ1n) is 11.0. The average molecular weight is 464 g/mol. The number of hydrogen-bond acceptors (Lipinski definition) is 7. The van der Waals surface area contributed by atoms with Crippen molar-refractivity contribution in [3.05, 3.63) is 63.6 Å². The molecule has 4 aromatic heterocycles. The minimum absolute atomic E-state index is 0.0828. The molecule has 33 heavy (non-hydrogen) atoms. The molecule has 1 amide bonds. The highest BCUT2D eigenvalue weighted by molar-refractivity contribution is 7.11. The summed E-state index contributed by atoms with van der Waals surface area (Å²) >= 11 is 1.59. The van der Waals surface area contributed by atoms with Crippen molar-refractivity contribution < 1.29 is 4.79 Å². The smallest absolute Gasteiger partial charge is 0.270 e. The van der Waals surface area contributed by atoms with Gasteiger partial charge in [-0.05, 0) is 25.0 Å². The molecule has 0 aliphatic carbocycles. The number of amides is 1. The van der Waals surface area contributed by atoms with Crippen LogP contribution in [0.4, 0.5) is 0 Å². The number of nitrogens with zero attached hydrogens (tertiary/aromatic N) is 6. The quantitative estimate of drug-likeness (QED) is 0.461. The highest BCUT2D eigenvalue weighted by atomic mass is 32.1. The van der Waals surface area contributed by atoms with Gasteiger partial charge < -0.3 is 9.88 Å². The van der Waals surface area contributed by atoms with Gasteiger partial charge in [-0.3, -0.25) is 4.79 Å². The lowest BCUT2D eigenvalue weighted by Crippen LogP contribution is -2.26. The second-order valence-corrected chi connectivity index (χ2v) is 10.4. The Morgan fingerprint density at radius 3 is 2.67 bits per heavy atom. The van der Waals surface area contributed by atoms with Gasteiger partial charge in [-0.1, -0.05) is 27.7 Å². The SMILES string of the molecule is CCc1nc(C(C)(C)C)ncc1Cc1ncc(C(C)NC(=O)c2cc3c(cn2)ncn3C)s1. The van der Waals surface area contributed by atoms with E-state index in [2.05, 4.69) is 52.9 Å². The Hall–Kier alpha value is -3.20. The van der Waals surface area contributed by atoms with E-state index < -0.39 is 0 Å². The van der Waals surface area contributed by atoms with Gasteiger partial charge in [0, 0.05) is 41.8 Å². The number of fused-ring (bicyclic) bond motifs is 1. The molecular weight excluding hydrogens is 434 g/mol. The molecule has 1 atom stereocenters. The highest BCUT2D eigenvalue weighted by Crippen LogP contribution is 2.25. The summed E-state index contributed by atoms with van der Waals surface area (Å²) in [5.74, 6) is 0.636. The van der Waals surface area contributed by atoms with Crippen LogP contribution in [0.2, 0.25) is 0 Å². The summed E-state index contributed by atoms with van der Waals surface area (Å²) in [5, 5.41) is 4.00. The van der Waals surface area contributed by atoms with Crippen molar-refractivity contribution in [1.29, 1.82) is 0 Å². The van der Waals surface area contributed by atoms with Crippen LogP contribution in [0.3, 0.4) is 0 Å². The van der Waals surface area contributed by atoms with Crippen molar-refractivity contribution in [2.24, 2.45) is 7.05 Å². The van der Waals surface area contributed by atoms with Crippen LogP contribution < -0.4 is 5.32 Å². The van der Waals surface area contributed by atoms with E-state index in [9.17, 15) is 4.79 Å². The first-order valence-corrected chi connectivity index (χ1v) is 11.8. The average Bonchev–Trinajstić information content (AvgIpc) is 3.40. The molecule has 1 unspecified atom stereocenters. The maximum atomic E-state index is 12.8. The monoisotopic (exact) mass is 463 g/mol.